The first-order valence-corrected chi connectivity index (χ1v) is 10.9. The molecule has 1 unspecified atom stereocenters. The van der Waals surface area contributed by atoms with Gasteiger partial charge >= 0.3 is 5.97 Å². The zero-order valence-electron chi connectivity index (χ0n) is 16.7. The number of fused-ring (bicyclic) bond motifs is 3. The van der Waals surface area contributed by atoms with Crippen molar-refractivity contribution in [2.24, 2.45) is 23.2 Å². The van der Waals surface area contributed by atoms with Gasteiger partial charge in [-0.05, 0) is 36.2 Å². The molecule has 0 radical (unpaired) electrons. The molecule has 1 aromatic carbocycles. The third-order valence-electron chi connectivity index (χ3n) is 7.90. The summed E-state index contributed by atoms with van der Waals surface area (Å²) in [6.45, 7) is 7.87. The van der Waals surface area contributed by atoms with Gasteiger partial charge in [-0.2, -0.15) is 0 Å². The standard InChI is InChI=1S/C24H31NO2/c1-16-6-5-10-24(2)13-22-19(12-21(16)24)20(23(26)27-22)15-25-11-9-17-7-3-4-8-18(17)14-25/h3-4,7-8,12,16,19-20,22H,5-6,9-11,13-15H2,1-2H3/p+1/t16-,19+,20+,22+,24+/m0/s1. The van der Waals surface area contributed by atoms with Gasteiger partial charge in [0.05, 0.1) is 13.1 Å². The van der Waals surface area contributed by atoms with Crippen molar-refractivity contribution >= 4 is 5.97 Å². The van der Waals surface area contributed by atoms with Crippen molar-refractivity contribution < 1.29 is 14.4 Å². The van der Waals surface area contributed by atoms with Crippen LogP contribution in [-0.2, 0) is 22.5 Å². The van der Waals surface area contributed by atoms with Gasteiger partial charge < -0.3 is 9.64 Å². The van der Waals surface area contributed by atoms with Crippen molar-refractivity contribution in [3.8, 4) is 0 Å². The summed E-state index contributed by atoms with van der Waals surface area (Å²) in [6.07, 6.45) is 8.62. The van der Waals surface area contributed by atoms with E-state index in [1.165, 1.54) is 30.4 Å². The van der Waals surface area contributed by atoms with Crippen LogP contribution in [0.2, 0.25) is 0 Å². The first kappa shape index (κ1) is 17.5. The number of hydrogen-bond acceptors (Lipinski definition) is 2. The van der Waals surface area contributed by atoms with E-state index >= 15 is 0 Å². The highest BCUT2D eigenvalue weighted by Gasteiger charge is 2.52. The molecular formula is C24H32NO2+. The lowest BCUT2D eigenvalue weighted by Gasteiger charge is -2.46. The number of rotatable bonds is 2. The molecule has 0 aromatic heterocycles. The molecule has 1 aromatic rings. The van der Waals surface area contributed by atoms with Crippen LogP contribution >= 0.6 is 0 Å². The highest BCUT2D eigenvalue weighted by molar-refractivity contribution is 5.76. The monoisotopic (exact) mass is 366 g/mol. The van der Waals surface area contributed by atoms with E-state index in [1.807, 2.05) is 0 Å². The van der Waals surface area contributed by atoms with Crippen molar-refractivity contribution in [2.75, 3.05) is 13.1 Å². The molecule has 1 N–H and O–H groups in total. The van der Waals surface area contributed by atoms with Gasteiger partial charge in [-0.1, -0.05) is 56.2 Å². The van der Waals surface area contributed by atoms with Crippen LogP contribution in [0.15, 0.2) is 35.9 Å². The van der Waals surface area contributed by atoms with Crippen molar-refractivity contribution in [3.05, 3.63) is 47.0 Å². The van der Waals surface area contributed by atoms with Gasteiger partial charge in [0.25, 0.3) is 0 Å². The average molecular weight is 367 g/mol. The summed E-state index contributed by atoms with van der Waals surface area (Å²) in [5.74, 6) is 1.06. The highest BCUT2D eigenvalue weighted by atomic mass is 16.6. The molecule has 5 rings (SSSR count). The van der Waals surface area contributed by atoms with Crippen LogP contribution in [0.3, 0.4) is 0 Å². The van der Waals surface area contributed by atoms with Gasteiger partial charge in [0.15, 0.2) is 0 Å². The van der Waals surface area contributed by atoms with Gasteiger partial charge in [-0.3, -0.25) is 4.79 Å². The lowest BCUT2D eigenvalue weighted by atomic mass is 9.59. The van der Waals surface area contributed by atoms with E-state index in [-0.39, 0.29) is 23.4 Å². The van der Waals surface area contributed by atoms with E-state index in [4.69, 9.17) is 4.74 Å². The Morgan fingerprint density at radius 2 is 2.07 bits per heavy atom. The van der Waals surface area contributed by atoms with Crippen molar-refractivity contribution in [1.29, 1.82) is 0 Å². The van der Waals surface area contributed by atoms with Crippen LogP contribution in [0.25, 0.3) is 0 Å². The number of hydrogen-bond donors (Lipinski definition) is 1. The van der Waals surface area contributed by atoms with E-state index in [2.05, 4.69) is 44.2 Å². The Morgan fingerprint density at radius 1 is 1.26 bits per heavy atom. The fourth-order valence-electron chi connectivity index (χ4n) is 6.41. The molecule has 1 saturated carbocycles. The van der Waals surface area contributed by atoms with Crippen LogP contribution in [0.5, 0.6) is 0 Å². The second-order valence-electron chi connectivity index (χ2n) is 9.74. The fourth-order valence-corrected chi connectivity index (χ4v) is 6.41. The molecule has 0 bridgehead atoms. The molecule has 6 atom stereocenters. The molecule has 0 spiro atoms. The SMILES string of the molecule is C[C@H]1CCC[C@]2(C)C[C@H]3OC(=O)[C@H](C[NH+]4CCc5ccccc5C4)[C@H]3C=C12. The highest BCUT2D eigenvalue weighted by Crippen LogP contribution is 2.53. The van der Waals surface area contributed by atoms with Crippen LogP contribution in [-0.4, -0.2) is 25.2 Å². The Balaban J connectivity index is 1.37. The molecule has 3 nitrogen and oxygen atoms in total. The average Bonchev–Trinajstić information content (AvgIpc) is 2.94. The minimum absolute atomic E-state index is 0.0430. The largest absolute Gasteiger partial charge is 0.461 e. The Morgan fingerprint density at radius 3 is 2.93 bits per heavy atom. The Kier molecular flexibility index (Phi) is 4.19. The Labute approximate surface area is 162 Å². The molecule has 2 heterocycles. The summed E-state index contributed by atoms with van der Waals surface area (Å²) >= 11 is 0. The number of ether oxygens (including phenoxy) is 1. The summed E-state index contributed by atoms with van der Waals surface area (Å²) in [5.41, 5.74) is 4.82. The first-order chi connectivity index (χ1) is 13.0. The second kappa shape index (κ2) is 6.48. The van der Waals surface area contributed by atoms with Gasteiger partial charge in [-0.25, -0.2) is 0 Å². The lowest BCUT2D eigenvalue weighted by Crippen LogP contribution is -3.12. The predicted octanol–water partition coefficient (Wildman–Crippen LogP) is 2.94. The molecule has 27 heavy (non-hydrogen) atoms. The zero-order valence-corrected chi connectivity index (χ0v) is 16.7. The maximum absolute atomic E-state index is 12.8. The van der Waals surface area contributed by atoms with E-state index in [9.17, 15) is 4.79 Å². The van der Waals surface area contributed by atoms with Crippen LogP contribution in [0.1, 0.15) is 50.7 Å². The summed E-state index contributed by atoms with van der Waals surface area (Å²) in [7, 11) is 0. The topological polar surface area (TPSA) is 30.7 Å². The Bertz CT molecular complexity index is 784. The molecule has 144 valence electrons. The molecule has 3 heteroatoms. The molecule has 2 fully saturated rings. The van der Waals surface area contributed by atoms with E-state index in [0.29, 0.717) is 11.8 Å². The zero-order chi connectivity index (χ0) is 18.6. The maximum Gasteiger partial charge on any atom is 0.315 e. The number of allylic oxidation sites excluding steroid dienone is 1. The van der Waals surface area contributed by atoms with Crippen LogP contribution in [0, 0.1) is 23.2 Å². The number of nitrogens with one attached hydrogen (secondary N) is 1. The minimum atomic E-state index is 0.0430. The summed E-state index contributed by atoms with van der Waals surface area (Å²) in [6, 6.07) is 8.78. The third-order valence-corrected chi connectivity index (χ3v) is 7.90. The van der Waals surface area contributed by atoms with Gasteiger partial charge in [0.2, 0.25) is 0 Å². The normalized spacial score (nSPS) is 40.4. The number of esters is 1. The molecule has 2 aliphatic carbocycles. The lowest BCUT2D eigenvalue weighted by molar-refractivity contribution is -0.918. The van der Waals surface area contributed by atoms with Crippen molar-refractivity contribution in [1.82, 2.24) is 0 Å². The third kappa shape index (κ3) is 2.95. The molecule has 1 saturated heterocycles. The minimum Gasteiger partial charge on any atom is -0.461 e. The van der Waals surface area contributed by atoms with Gasteiger partial charge in [-0.15, -0.1) is 0 Å². The first-order valence-electron chi connectivity index (χ1n) is 10.9. The molecule has 0 amide bonds. The Hall–Kier alpha value is -1.61. The van der Waals surface area contributed by atoms with Crippen molar-refractivity contribution in [3.63, 3.8) is 0 Å². The smallest absolute Gasteiger partial charge is 0.315 e. The number of carbonyl (C=O) groups is 1. The molecule has 2 aliphatic heterocycles. The van der Waals surface area contributed by atoms with E-state index in [1.54, 1.807) is 10.5 Å². The number of carbonyl (C=O) groups excluding carboxylic acids is 1. The predicted molar refractivity (Wildman–Crippen MR) is 105 cm³/mol. The van der Waals surface area contributed by atoms with Crippen LogP contribution in [0.4, 0.5) is 0 Å². The summed E-state index contributed by atoms with van der Waals surface area (Å²) in [4.78, 5) is 14.3. The fraction of sp³-hybridized carbons (Fsp3) is 0.625. The van der Waals surface area contributed by atoms with E-state index < -0.39 is 0 Å². The molecule has 4 aliphatic rings. The van der Waals surface area contributed by atoms with Gasteiger partial charge in [0.1, 0.15) is 18.6 Å². The molecular weight excluding hydrogens is 334 g/mol. The maximum atomic E-state index is 12.8. The number of benzene rings is 1. The van der Waals surface area contributed by atoms with E-state index in [0.717, 1.165) is 32.5 Å². The quantitative estimate of drug-likeness (QED) is 0.644. The van der Waals surface area contributed by atoms with Crippen molar-refractivity contribution in [2.45, 2.75) is 58.6 Å². The van der Waals surface area contributed by atoms with Gasteiger partial charge in [0, 0.05) is 17.9 Å². The summed E-state index contributed by atoms with van der Waals surface area (Å²) < 4.78 is 5.94. The second-order valence-corrected chi connectivity index (χ2v) is 9.74. The summed E-state index contributed by atoms with van der Waals surface area (Å²) in [5, 5.41) is 0. The number of quaternary nitrogens is 1. The van der Waals surface area contributed by atoms with Crippen LogP contribution < -0.4 is 4.90 Å².